The lowest BCUT2D eigenvalue weighted by Gasteiger charge is -2.37. The molecule has 0 spiro atoms. The first-order valence-electron chi connectivity index (χ1n) is 10.7. The summed E-state index contributed by atoms with van der Waals surface area (Å²) in [5.41, 5.74) is 1.11. The summed E-state index contributed by atoms with van der Waals surface area (Å²) in [6.07, 6.45) is 5.92. The van der Waals surface area contributed by atoms with Crippen LogP contribution in [0.25, 0.3) is 10.9 Å². The number of anilines is 1. The van der Waals surface area contributed by atoms with Gasteiger partial charge in [0.1, 0.15) is 12.4 Å². The van der Waals surface area contributed by atoms with Crippen LogP contribution in [0.5, 0.6) is 0 Å². The first-order valence-corrected chi connectivity index (χ1v) is 10.7. The van der Waals surface area contributed by atoms with Gasteiger partial charge in [-0.25, -0.2) is 4.98 Å². The van der Waals surface area contributed by atoms with Crippen LogP contribution in [-0.4, -0.2) is 52.7 Å². The molecular weight excluding hydrogens is 376 g/mol. The molecule has 5 rings (SSSR count). The van der Waals surface area contributed by atoms with E-state index in [1.807, 2.05) is 36.5 Å². The lowest BCUT2D eigenvalue weighted by Crippen LogP contribution is -2.44. The summed E-state index contributed by atoms with van der Waals surface area (Å²) >= 11 is 0. The zero-order valence-electron chi connectivity index (χ0n) is 17.3. The first-order chi connectivity index (χ1) is 14.7. The molecule has 0 radical (unpaired) electrons. The third-order valence-corrected chi connectivity index (χ3v) is 6.76. The van der Waals surface area contributed by atoms with Gasteiger partial charge in [0.05, 0.1) is 12.1 Å². The highest BCUT2D eigenvalue weighted by Crippen LogP contribution is 2.38. The third kappa shape index (κ3) is 3.67. The Labute approximate surface area is 176 Å². The van der Waals surface area contributed by atoms with Gasteiger partial charge in [-0.3, -0.25) is 4.79 Å². The van der Waals surface area contributed by atoms with Crippen LogP contribution in [0.1, 0.15) is 12.8 Å². The number of ether oxygens (including phenoxy) is 1. The molecule has 1 aromatic carbocycles. The zero-order valence-corrected chi connectivity index (χ0v) is 17.3. The Balaban J connectivity index is 1.25. The number of para-hydroxylation sites is 1. The minimum absolute atomic E-state index is 0.136. The quantitative estimate of drug-likeness (QED) is 0.708. The molecular formula is C24H28N4O2. The van der Waals surface area contributed by atoms with Gasteiger partial charge >= 0.3 is 0 Å². The summed E-state index contributed by atoms with van der Waals surface area (Å²) in [6, 6.07) is 16.4. The molecule has 1 N–H and O–H groups in total. The molecule has 3 heterocycles. The lowest BCUT2D eigenvalue weighted by atomic mass is 9.77. The highest BCUT2D eigenvalue weighted by Gasteiger charge is 2.43. The van der Waals surface area contributed by atoms with Gasteiger partial charge < -0.3 is 19.5 Å². The van der Waals surface area contributed by atoms with E-state index in [0.29, 0.717) is 18.4 Å². The maximum Gasteiger partial charge on any atom is 0.242 e. The molecule has 30 heavy (non-hydrogen) atoms. The van der Waals surface area contributed by atoms with E-state index in [2.05, 4.69) is 38.0 Å². The van der Waals surface area contributed by atoms with Gasteiger partial charge in [-0.1, -0.05) is 24.3 Å². The number of hydrogen-bond donors (Lipinski definition) is 1. The summed E-state index contributed by atoms with van der Waals surface area (Å²) in [5, 5.41) is 4.72. The normalized spacial score (nSPS) is 26.0. The Kier molecular flexibility index (Phi) is 5.17. The molecule has 4 atom stereocenters. The van der Waals surface area contributed by atoms with Crippen molar-refractivity contribution in [2.75, 3.05) is 25.5 Å². The number of aromatic nitrogens is 2. The van der Waals surface area contributed by atoms with Crippen molar-refractivity contribution in [3.05, 3.63) is 60.9 Å². The van der Waals surface area contributed by atoms with Gasteiger partial charge in [0.15, 0.2) is 0 Å². The highest BCUT2D eigenvalue weighted by molar-refractivity contribution is 5.83. The highest BCUT2D eigenvalue weighted by atomic mass is 16.5. The third-order valence-electron chi connectivity index (χ3n) is 6.76. The zero-order chi connectivity index (χ0) is 20.5. The Morgan fingerprint density at radius 3 is 2.70 bits per heavy atom. The number of benzene rings is 1. The van der Waals surface area contributed by atoms with Gasteiger partial charge in [0.25, 0.3) is 0 Å². The average molecular weight is 405 g/mol. The van der Waals surface area contributed by atoms with E-state index >= 15 is 0 Å². The van der Waals surface area contributed by atoms with Crippen molar-refractivity contribution in [1.82, 2.24) is 14.5 Å². The number of methoxy groups -OCH3 is 1. The number of fused-ring (bicyclic) bond motifs is 2. The molecule has 2 fully saturated rings. The Bertz CT molecular complexity index is 1020. The molecule has 1 aliphatic heterocycles. The number of carbonyl (C=O) groups excluding carboxylic acids is 1. The van der Waals surface area contributed by atoms with Gasteiger partial charge in [-0.15, -0.1) is 0 Å². The fraction of sp³-hybridized carbons (Fsp3) is 0.417. The van der Waals surface area contributed by atoms with E-state index in [9.17, 15) is 4.79 Å². The molecule has 2 aromatic heterocycles. The standard InChI is InChI=1S/C24H28N4O2/c1-30-22-13-19-15-28(14-18(19)12-20(22)26-23-8-4-5-10-25-23)24(29)16-27-11-9-17-6-2-3-7-21(17)27/h2-11,18-20,22H,12-16H2,1H3,(H,25,26)/t18-,19+,20-,22-/m1/s1. The molecule has 1 saturated carbocycles. The number of carbonyl (C=O) groups is 1. The van der Waals surface area contributed by atoms with Gasteiger partial charge in [0, 0.05) is 38.1 Å². The Hall–Kier alpha value is -2.86. The molecule has 6 nitrogen and oxygen atoms in total. The number of likely N-dealkylation sites (tertiary alicyclic amines) is 1. The van der Waals surface area contributed by atoms with E-state index in [0.717, 1.165) is 37.3 Å². The molecule has 1 amide bonds. The van der Waals surface area contributed by atoms with Crippen LogP contribution in [0, 0.1) is 11.8 Å². The number of amides is 1. The second kappa shape index (κ2) is 8.11. The van der Waals surface area contributed by atoms with Crippen molar-refractivity contribution >= 4 is 22.6 Å². The van der Waals surface area contributed by atoms with Crippen molar-refractivity contribution in [2.24, 2.45) is 11.8 Å². The molecule has 2 aliphatic rings. The Morgan fingerprint density at radius 2 is 1.90 bits per heavy atom. The lowest BCUT2D eigenvalue weighted by molar-refractivity contribution is -0.130. The average Bonchev–Trinajstić information content (AvgIpc) is 3.38. The van der Waals surface area contributed by atoms with E-state index < -0.39 is 0 Å². The molecule has 0 unspecified atom stereocenters. The van der Waals surface area contributed by atoms with Crippen LogP contribution in [0.2, 0.25) is 0 Å². The van der Waals surface area contributed by atoms with E-state index in [1.165, 1.54) is 5.39 Å². The summed E-state index contributed by atoms with van der Waals surface area (Å²) in [5.74, 6) is 2.09. The summed E-state index contributed by atoms with van der Waals surface area (Å²) in [7, 11) is 1.78. The van der Waals surface area contributed by atoms with Crippen molar-refractivity contribution in [3.8, 4) is 0 Å². The number of pyridine rings is 1. The predicted molar refractivity (Wildman–Crippen MR) is 117 cm³/mol. The first kappa shape index (κ1) is 19.1. The monoisotopic (exact) mass is 404 g/mol. The largest absolute Gasteiger partial charge is 0.379 e. The second-order valence-corrected chi connectivity index (χ2v) is 8.53. The number of hydrogen-bond acceptors (Lipinski definition) is 4. The fourth-order valence-corrected chi connectivity index (χ4v) is 5.19. The topological polar surface area (TPSA) is 59.4 Å². The van der Waals surface area contributed by atoms with Crippen molar-refractivity contribution in [2.45, 2.75) is 31.5 Å². The van der Waals surface area contributed by atoms with Crippen molar-refractivity contribution < 1.29 is 9.53 Å². The summed E-state index contributed by atoms with van der Waals surface area (Å²) < 4.78 is 7.87. The van der Waals surface area contributed by atoms with Crippen molar-refractivity contribution in [1.29, 1.82) is 0 Å². The van der Waals surface area contributed by atoms with Crippen LogP contribution in [0.15, 0.2) is 60.9 Å². The van der Waals surface area contributed by atoms with Crippen LogP contribution in [0.3, 0.4) is 0 Å². The Morgan fingerprint density at radius 1 is 1.10 bits per heavy atom. The maximum absolute atomic E-state index is 13.1. The number of nitrogens with zero attached hydrogens (tertiary/aromatic N) is 3. The van der Waals surface area contributed by atoms with Crippen molar-refractivity contribution in [3.63, 3.8) is 0 Å². The molecule has 3 aromatic rings. The predicted octanol–water partition coefficient (Wildman–Crippen LogP) is 3.40. The van der Waals surface area contributed by atoms with E-state index in [-0.39, 0.29) is 18.1 Å². The van der Waals surface area contributed by atoms with Gasteiger partial charge in [0.2, 0.25) is 5.91 Å². The molecule has 1 aliphatic carbocycles. The molecule has 0 bridgehead atoms. The summed E-state index contributed by atoms with van der Waals surface area (Å²) in [6.45, 7) is 2.06. The molecule has 156 valence electrons. The fourth-order valence-electron chi connectivity index (χ4n) is 5.19. The van der Waals surface area contributed by atoms with E-state index in [4.69, 9.17) is 4.74 Å². The number of nitrogens with one attached hydrogen (secondary N) is 1. The van der Waals surface area contributed by atoms with Crippen LogP contribution >= 0.6 is 0 Å². The second-order valence-electron chi connectivity index (χ2n) is 8.53. The van der Waals surface area contributed by atoms with Crippen LogP contribution in [-0.2, 0) is 16.1 Å². The molecule has 1 saturated heterocycles. The minimum Gasteiger partial charge on any atom is -0.379 e. The van der Waals surface area contributed by atoms with E-state index in [1.54, 1.807) is 13.3 Å². The SMILES string of the molecule is CO[C@@H]1C[C@H]2CN(C(=O)Cn3ccc4ccccc43)C[C@H]2C[C@H]1Nc1ccccn1. The van der Waals surface area contributed by atoms with Gasteiger partial charge in [-0.2, -0.15) is 0 Å². The maximum atomic E-state index is 13.1. The van der Waals surface area contributed by atoms with Crippen LogP contribution in [0.4, 0.5) is 5.82 Å². The minimum atomic E-state index is 0.136. The van der Waals surface area contributed by atoms with Crippen LogP contribution < -0.4 is 5.32 Å². The molecule has 6 heteroatoms. The summed E-state index contributed by atoms with van der Waals surface area (Å²) in [4.78, 5) is 19.5. The van der Waals surface area contributed by atoms with Gasteiger partial charge in [-0.05, 0) is 54.3 Å². The smallest absolute Gasteiger partial charge is 0.242 e. The number of rotatable bonds is 5.